The van der Waals surface area contributed by atoms with Crippen LogP contribution in [0.25, 0.3) is 0 Å². The molecule has 1 aliphatic heterocycles. The Bertz CT molecular complexity index is 1140. The first-order chi connectivity index (χ1) is 24.2. The second-order valence-corrected chi connectivity index (χ2v) is 14.9. The summed E-state index contributed by atoms with van der Waals surface area (Å²) in [6.07, 6.45) is 9.90. The lowest BCUT2D eigenvalue weighted by atomic mass is 9.93. The number of esters is 1. The van der Waals surface area contributed by atoms with Crippen LogP contribution in [-0.4, -0.2) is 107 Å². The monoisotopic (exact) mass is 723 g/mol. The van der Waals surface area contributed by atoms with Gasteiger partial charge in [0.25, 0.3) is 0 Å². The lowest BCUT2D eigenvalue weighted by molar-refractivity contribution is -0.157. The van der Waals surface area contributed by atoms with Crippen molar-refractivity contribution in [1.82, 2.24) is 26.2 Å². The third-order valence-corrected chi connectivity index (χ3v) is 10.1. The molecule has 292 valence electrons. The predicted octanol–water partition coefficient (Wildman–Crippen LogP) is 2.09. The molecule has 0 bridgehead atoms. The van der Waals surface area contributed by atoms with Gasteiger partial charge >= 0.3 is 5.97 Å². The largest absolute Gasteiger partial charge is 0.460 e. The van der Waals surface area contributed by atoms with Crippen LogP contribution in [0.3, 0.4) is 0 Å². The van der Waals surface area contributed by atoms with E-state index < -0.39 is 91.0 Å². The predicted molar refractivity (Wildman–Crippen MR) is 192 cm³/mol. The molecule has 2 fully saturated rings. The molecule has 14 heteroatoms. The van der Waals surface area contributed by atoms with E-state index in [2.05, 4.69) is 28.2 Å². The molecule has 2 aliphatic rings. The topological polar surface area (TPSA) is 203 Å². The third-order valence-electron chi connectivity index (χ3n) is 10.1. The third kappa shape index (κ3) is 14.4. The molecule has 1 saturated heterocycles. The first-order valence-corrected chi connectivity index (χ1v) is 19.2. The molecule has 1 aliphatic carbocycles. The smallest absolute Gasteiger partial charge is 0.325 e. The van der Waals surface area contributed by atoms with Crippen molar-refractivity contribution in [2.75, 3.05) is 20.2 Å². The Kier molecular flexibility index (Phi) is 19.5. The molecule has 2 rings (SSSR count). The van der Waals surface area contributed by atoms with Crippen molar-refractivity contribution in [2.45, 2.75) is 161 Å². The van der Waals surface area contributed by atoms with Gasteiger partial charge < -0.3 is 41.1 Å². The van der Waals surface area contributed by atoms with Gasteiger partial charge in [0.15, 0.2) is 0 Å². The molecule has 1 heterocycles. The minimum absolute atomic E-state index is 0.00515. The lowest BCUT2D eigenvalue weighted by Gasteiger charge is -2.34. The van der Waals surface area contributed by atoms with E-state index in [1.165, 1.54) is 38.1 Å². The number of nitrogens with one attached hydrogen (secondary N) is 4. The maximum Gasteiger partial charge on any atom is 0.325 e. The summed E-state index contributed by atoms with van der Waals surface area (Å²) in [5, 5.41) is 30.5. The molecule has 14 nitrogen and oxygen atoms in total. The van der Waals surface area contributed by atoms with Gasteiger partial charge in [-0.1, -0.05) is 85.5 Å². The van der Waals surface area contributed by atoms with Crippen LogP contribution in [0.2, 0.25) is 0 Å². The van der Waals surface area contributed by atoms with Gasteiger partial charge in [-0.3, -0.25) is 28.8 Å². The Balaban J connectivity index is 2.45. The van der Waals surface area contributed by atoms with Crippen LogP contribution < -0.4 is 21.3 Å². The molecular weight excluding hydrogens is 658 g/mol. The minimum atomic E-state index is -1.53. The van der Waals surface area contributed by atoms with Crippen molar-refractivity contribution in [1.29, 1.82) is 0 Å². The number of hydrogen-bond acceptors (Lipinski definition) is 9. The van der Waals surface area contributed by atoms with E-state index in [4.69, 9.17) is 4.74 Å². The van der Waals surface area contributed by atoms with Crippen molar-refractivity contribution >= 4 is 35.5 Å². The van der Waals surface area contributed by atoms with E-state index in [-0.39, 0.29) is 11.8 Å². The van der Waals surface area contributed by atoms with Gasteiger partial charge in [-0.15, -0.1) is 0 Å². The summed E-state index contributed by atoms with van der Waals surface area (Å²) in [5.74, 6) is -5.30. The number of aliphatic hydroxyl groups excluding tert-OH is 2. The van der Waals surface area contributed by atoms with Gasteiger partial charge in [-0.2, -0.15) is 0 Å². The van der Waals surface area contributed by atoms with E-state index in [9.17, 15) is 39.0 Å². The van der Waals surface area contributed by atoms with Crippen LogP contribution in [0.5, 0.6) is 0 Å². The normalized spacial score (nSPS) is 27.5. The fourth-order valence-electron chi connectivity index (χ4n) is 6.94. The number of unbranched alkanes of at least 4 members (excludes halogenated alkanes) is 7. The van der Waals surface area contributed by atoms with Gasteiger partial charge in [-0.05, 0) is 50.9 Å². The molecule has 0 aromatic heterocycles. The molecule has 51 heavy (non-hydrogen) atoms. The van der Waals surface area contributed by atoms with E-state index in [1.54, 1.807) is 6.92 Å². The Hall–Kier alpha value is -3.26. The number of rotatable bonds is 14. The summed E-state index contributed by atoms with van der Waals surface area (Å²) in [7, 11) is 1.54. The Morgan fingerprint density at radius 2 is 1.43 bits per heavy atom. The number of likely N-dealkylation sites (N-methyl/N-ethyl adjacent to an activating group) is 1. The van der Waals surface area contributed by atoms with E-state index in [1.807, 2.05) is 13.8 Å². The molecular formula is C37H65N5O9. The van der Waals surface area contributed by atoms with Crippen LogP contribution in [0.4, 0.5) is 0 Å². The second-order valence-electron chi connectivity index (χ2n) is 14.9. The highest BCUT2D eigenvalue weighted by atomic mass is 16.5. The molecule has 5 amide bonds. The number of cyclic esters (lactones) is 1. The fraction of sp³-hybridized carbons (Fsp3) is 0.838. The molecule has 7 atom stereocenters. The average molecular weight is 724 g/mol. The molecule has 0 aromatic rings. The summed E-state index contributed by atoms with van der Waals surface area (Å²) in [4.78, 5) is 82.5. The van der Waals surface area contributed by atoms with Gasteiger partial charge in [0.2, 0.25) is 29.5 Å². The summed E-state index contributed by atoms with van der Waals surface area (Å²) < 4.78 is 5.81. The molecule has 1 saturated carbocycles. The summed E-state index contributed by atoms with van der Waals surface area (Å²) >= 11 is 0. The lowest BCUT2D eigenvalue weighted by Crippen LogP contribution is -2.61. The quantitative estimate of drug-likeness (QED) is 0.115. The van der Waals surface area contributed by atoms with Crippen LogP contribution in [0, 0.1) is 17.8 Å². The van der Waals surface area contributed by atoms with E-state index in [0.717, 1.165) is 38.5 Å². The van der Waals surface area contributed by atoms with Crippen molar-refractivity contribution in [3.63, 3.8) is 0 Å². The van der Waals surface area contributed by atoms with Gasteiger partial charge in [0.1, 0.15) is 36.8 Å². The van der Waals surface area contributed by atoms with Gasteiger partial charge in [0.05, 0.1) is 18.6 Å². The van der Waals surface area contributed by atoms with E-state index in [0.29, 0.717) is 32.1 Å². The van der Waals surface area contributed by atoms with Crippen LogP contribution >= 0.6 is 0 Å². The zero-order valence-corrected chi connectivity index (χ0v) is 31.7. The number of carbonyl (C=O) groups excluding carboxylic acids is 6. The Morgan fingerprint density at radius 3 is 2.00 bits per heavy atom. The van der Waals surface area contributed by atoms with Crippen LogP contribution in [-0.2, 0) is 33.5 Å². The minimum Gasteiger partial charge on any atom is -0.460 e. The summed E-state index contributed by atoms with van der Waals surface area (Å²) in [6, 6.07) is -5.02. The number of carbonyl (C=O) groups is 6. The molecule has 6 N–H and O–H groups in total. The molecule has 0 aromatic carbocycles. The van der Waals surface area contributed by atoms with Crippen molar-refractivity contribution in [2.24, 2.45) is 17.8 Å². The fourth-order valence-corrected chi connectivity index (χ4v) is 6.94. The van der Waals surface area contributed by atoms with Crippen LogP contribution in [0.1, 0.15) is 125 Å². The second kappa shape index (κ2) is 22.6. The maximum absolute atomic E-state index is 14.1. The highest BCUT2D eigenvalue weighted by molar-refractivity contribution is 5.96. The van der Waals surface area contributed by atoms with Crippen LogP contribution in [0.15, 0.2) is 0 Å². The summed E-state index contributed by atoms with van der Waals surface area (Å²) in [5.41, 5.74) is 0. The Labute approximate surface area is 303 Å². The maximum atomic E-state index is 14.1. The number of amides is 5. The SMILES string of the molecule is CCCCCCCCCC[C@H]1OC(=O)CNC(=O)[C@H]([C@H](C)O)NC(=O)[C@H](CO)NC(=O)C(C2CCCC2)NC(=O)[C@H](CC(C)C)N(C)C(=O)[C@@H]1C. The van der Waals surface area contributed by atoms with E-state index >= 15 is 0 Å². The van der Waals surface area contributed by atoms with Gasteiger partial charge in [0, 0.05) is 7.05 Å². The number of hydrogen-bond donors (Lipinski definition) is 6. The number of nitrogens with zero attached hydrogens (tertiary/aromatic N) is 1. The van der Waals surface area contributed by atoms with Gasteiger partial charge in [-0.25, -0.2) is 0 Å². The molecule has 0 spiro atoms. The average Bonchev–Trinajstić information content (AvgIpc) is 3.63. The number of aliphatic hydroxyl groups is 2. The first kappa shape index (κ1) is 43.9. The summed E-state index contributed by atoms with van der Waals surface area (Å²) in [6.45, 7) is 7.54. The zero-order valence-electron chi connectivity index (χ0n) is 31.7. The molecule has 0 radical (unpaired) electrons. The van der Waals surface area contributed by atoms with Crippen molar-refractivity contribution in [3.8, 4) is 0 Å². The zero-order chi connectivity index (χ0) is 38.1. The number of ether oxygens (including phenoxy) is 1. The van der Waals surface area contributed by atoms with Crippen molar-refractivity contribution in [3.05, 3.63) is 0 Å². The van der Waals surface area contributed by atoms with Crippen molar-refractivity contribution < 1.29 is 43.7 Å². The highest BCUT2D eigenvalue weighted by Crippen LogP contribution is 2.29. The Morgan fingerprint density at radius 1 is 0.824 bits per heavy atom. The standard InChI is InChI=1S/C37H65N5O9/c1-7-8-9-10-11-12-13-14-19-29-24(4)37(50)42(6)28(20-23(2)3)34(47)41-32(26-17-15-16-18-26)36(49)39-27(22-43)33(46)40-31(25(5)44)35(48)38-21-30(45)51-29/h23-29,31-32,43-44H,7-22H2,1-6H3,(H,38,48)(H,39,49)(H,40,46)(H,41,47)/t24-,25+,27+,28+,29-,31+,32?/m1/s1. The molecule has 1 unspecified atom stereocenters. The highest BCUT2D eigenvalue weighted by Gasteiger charge is 2.40. The first-order valence-electron chi connectivity index (χ1n) is 19.2.